The van der Waals surface area contributed by atoms with Gasteiger partial charge in [0.1, 0.15) is 11.4 Å². The maximum atomic E-state index is 10.0. The lowest BCUT2D eigenvalue weighted by atomic mass is 10.2. The second-order valence-corrected chi connectivity index (χ2v) is 7.66. The number of ether oxygens (including phenoxy) is 1. The summed E-state index contributed by atoms with van der Waals surface area (Å²) in [5.74, 6) is 1.00. The van der Waals surface area contributed by atoms with Gasteiger partial charge in [0, 0.05) is 16.3 Å². The van der Waals surface area contributed by atoms with Gasteiger partial charge in [-0.25, -0.2) is 9.78 Å². The van der Waals surface area contributed by atoms with Gasteiger partial charge in [0.15, 0.2) is 0 Å². The minimum atomic E-state index is -0.725. The number of nitrogens with two attached hydrogens (primary N) is 1. The predicted molar refractivity (Wildman–Crippen MR) is 99.6 cm³/mol. The van der Waals surface area contributed by atoms with Crippen molar-refractivity contribution in [3.63, 3.8) is 0 Å². The summed E-state index contributed by atoms with van der Waals surface area (Å²) < 4.78 is 5.81. The largest absolute Gasteiger partial charge is 0.444 e. The first-order chi connectivity index (χ1) is 10.6. The number of carbonyl (C=O) groups excluding carboxylic acids is 1. The van der Waals surface area contributed by atoms with Gasteiger partial charge in [0.05, 0.1) is 12.6 Å². The highest BCUT2D eigenvalue weighted by molar-refractivity contribution is 14.1. The highest BCUT2D eigenvalue weighted by atomic mass is 127. The zero-order chi connectivity index (χ0) is 17.6. The molecular weight excluding hydrogens is 409 g/mol. The molecule has 7 heteroatoms. The number of amides is 1. The summed E-state index contributed by atoms with van der Waals surface area (Å²) in [6.07, 6.45) is 3.40. The Morgan fingerprint density at radius 1 is 1.57 bits per heavy atom. The number of carbonyl (C=O) groups is 1. The molecule has 1 saturated heterocycles. The number of hydrogen-bond acceptors (Lipinski definition) is 5. The molecule has 2 heterocycles. The minimum absolute atomic E-state index is 0.228. The molecule has 1 aliphatic heterocycles. The molecule has 3 N–H and O–H groups in total. The SMILES string of the molecule is CC(C)(C)OC(N)=O.Cc1cnc(N2CCCC2CO)cc1I. The number of aromatic nitrogens is 1. The first kappa shape index (κ1) is 20.0. The van der Waals surface area contributed by atoms with E-state index >= 15 is 0 Å². The van der Waals surface area contributed by atoms with Crippen molar-refractivity contribution < 1.29 is 14.6 Å². The summed E-state index contributed by atoms with van der Waals surface area (Å²) >= 11 is 2.33. The smallest absolute Gasteiger partial charge is 0.405 e. The van der Waals surface area contributed by atoms with Crippen LogP contribution in [0.1, 0.15) is 39.2 Å². The Balaban J connectivity index is 0.000000284. The summed E-state index contributed by atoms with van der Waals surface area (Å²) in [5, 5.41) is 9.25. The molecule has 1 fully saturated rings. The molecule has 1 atom stereocenters. The Morgan fingerprint density at radius 3 is 2.65 bits per heavy atom. The van der Waals surface area contributed by atoms with Crippen molar-refractivity contribution in [3.8, 4) is 0 Å². The van der Waals surface area contributed by atoms with Gasteiger partial charge in [-0.05, 0) is 74.8 Å². The van der Waals surface area contributed by atoms with Gasteiger partial charge in [-0.2, -0.15) is 0 Å². The lowest BCUT2D eigenvalue weighted by molar-refractivity contribution is 0.0600. The Bertz CT molecular complexity index is 532. The van der Waals surface area contributed by atoms with Crippen molar-refractivity contribution in [3.05, 3.63) is 21.4 Å². The van der Waals surface area contributed by atoms with Crippen molar-refractivity contribution in [2.45, 2.75) is 52.2 Å². The van der Waals surface area contributed by atoms with Gasteiger partial charge in [0.2, 0.25) is 0 Å². The topological polar surface area (TPSA) is 88.7 Å². The first-order valence-electron chi connectivity index (χ1n) is 7.62. The molecule has 0 spiro atoms. The second kappa shape index (κ2) is 8.68. The van der Waals surface area contributed by atoms with Crippen molar-refractivity contribution in [1.29, 1.82) is 0 Å². The van der Waals surface area contributed by atoms with Crippen molar-refractivity contribution in [1.82, 2.24) is 4.98 Å². The molecule has 23 heavy (non-hydrogen) atoms. The van der Waals surface area contributed by atoms with Crippen LogP contribution in [0.25, 0.3) is 0 Å². The zero-order valence-electron chi connectivity index (χ0n) is 14.2. The Labute approximate surface area is 151 Å². The third-order valence-corrected chi connectivity index (χ3v) is 4.47. The minimum Gasteiger partial charge on any atom is -0.444 e. The predicted octanol–water partition coefficient (Wildman–Crippen LogP) is 2.84. The van der Waals surface area contributed by atoms with Gasteiger partial charge in [-0.1, -0.05) is 0 Å². The molecule has 1 unspecified atom stereocenters. The quantitative estimate of drug-likeness (QED) is 0.698. The van der Waals surface area contributed by atoms with Crippen molar-refractivity contribution in [2.24, 2.45) is 5.73 Å². The molecule has 1 aromatic rings. The fourth-order valence-electron chi connectivity index (χ4n) is 2.28. The van der Waals surface area contributed by atoms with Gasteiger partial charge in [0.25, 0.3) is 0 Å². The summed E-state index contributed by atoms with van der Waals surface area (Å²) in [4.78, 5) is 16.7. The molecule has 1 aromatic heterocycles. The standard InChI is InChI=1S/C11H15IN2O.C5H11NO2/c1-8-6-13-11(5-10(8)12)14-4-2-3-9(14)7-15;1-5(2,3)8-4(6)7/h5-6,9,15H,2-4,7H2,1H3;1-3H3,(H2,6,7). The van der Waals surface area contributed by atoms with Gasteiger partial charge >= 0.3 is 6.09 Å². The monoisotopic (exact) mass is 435 g/mol. The Kier molecular flexibility index (Phi) is 7.53. The maximum absolute atomic E-state index is 10.0. The third-order valence-electron chi connectivity index (χ3n) is 3.31. The van der Waals surface area contributed by atoms with Crippen LogP contribution in [0.4, 0.5) is 10.6 Å². The number of nitrogens with zero attached hydrogens (tertiary/aromatic N) is 2. The number of hydrogen-bond donors (Lipinski definition) is 2. The number of aryl methyl sites for hydroxylation is 1. The Morgan fingerprint density at radius 2 is 2.22 bits per heavy atom. The number of primary amides is 1. The molecule has 6 nitrogen and oxygen atoms in total. The molecule has 0 bridgehead atoms. The number of pyridine rings is 1. The van der Waals surface area contributed by atoms with Crippen LogP contribution in [0.5, 0.6) is 0 Å². The van der Waals surface area contributed by atoms with Crippen LogP contribution < -0.4 is 10.6 Å². The number of aliphatic hydroxyl groups is 1. The van der Waals surface area contributed by atoms with Crippen LogP contribution in [0.3, 0.4) is 0 Å². The van der Waals surface area contributed by atoms with E-state index in [4.69, 9.17) is 5.73 Å². The number of aliphatic hydroxyl groups excluding tert-OH is 1. The van der Waals surface area contributed by atoms with Crippen LogP contribution in [0.15, 0.2) is 12.3 Å². The number of anilines is 1. The fourth-order valence-corrected chi connectivity index (χ4v) is 2.69. The lowest BCUT2D eigenvalue weighted by Crippen LogP contribution is -2.32. The van der Waals surface area contributed by atoms with E-state index in [0.717, 1.165) is 25.2 Å². The van der Waals surface area contributed by atoms with Gasteiger partial charge in [-0.3, -0.25) is 0 Å². The fraction of sp³-hybridized carbons (Fsp3) is 0.625. The van der Waals surface area contributed by atoms with E-state index in [1.54, 1.807) is 20.8 Å². The van der Waals surface area contributed by atoms with Crippen LogP contribution in [-0.4, -0.2) is 41.0 Å². The summed E-state index contributed by atoms with van der Waals surface area (Å²) in [5.41, 5.74) is 5.47. The van der Waals surface area contributed by atoms with Gasteiger partial charge < -0.3 is 20.5 Å². The molecule has 0 radical (unpaired) electrons. The lowest BCUT2D eigenvalue weighted by Gasteiger charge is -2.24. The van der Waals surface area contributed by atoms with Crippen LogP contribution in [0.2, 0.25) is 0 Å². The molecule has 0 aliphatic carbocycles. The van der Waals surface area contributed by atoms with E-state index < -0.39 is 11.7 Å². The molecule has 1 aliphatic rings. The van der Waals surface area contributed by atoms with E-state index in [9.17, 15) is 9.90 Å². The molecule has 0 aromatic carbocycles. The highest BCUT2D eigenvalue weighted by Crippen LogP contribution is 2.25. The molecular formula is C16H26IN3O3. The van der Waals surface area contributed by atoms with E-state index in [1.165, 1.54) is 9.13 Å². The third kappa shape index (κ3) is 6.90. The average Bonchev–Trinajstić information content (AvgIpc) is 2.88. The van der Waals surface area contributed by atoms with Crippen LogP contribution in [0, 0.1) is 10.5 Å². The molecule has 0 saturated carbocycles. The average molecular weight is 435 g/mol. The normalized spacial score (nSPS) is 17.5. The molecule has 1 amide bonds. The van der Waals surface area contributed by atoms with Crippen LogP contribution >= 0.6 is 22.6 Å². The highest BCUT2D eigenvalue weighted by Gasteiger charge is 2.24. The van der Waals surface area contributed by atoms with E-state index in [-0.39, 0.29) is 12.6 Å². The maximum Gasteiger partial charge on any atom is 0.405 e. The second-order valence-electron chi connectivity index (χ2n) is 6.50. The van der Waals surface area contributed by atoms with E-state index in [2.05, 4.69) is 50.2 Å². The van der Waals surface area contributed by atoms with Crippen molar-refractivity contribution >= 4 is 34.5 Å². The number of halogens is 1. The van der Waals surface area contributed by atoms with E-state index in [0.29, 0.717) is 0 Å². The van der Waals surface area contributed by atoms with Crippen LogP contribution in [-0.2, 0) is 4.74 Å². The zero-order valence-corrected chi connectivity index (χ0v) is 16.3. The van der Waals surface area contributed by atoms with Crippen molar-refractivity contribution in [2.75, 3.05) is 18.1 Å². The summed E-state index contributed by atoms with van der Waals surface area (Å²) in [7, 11) is 0. The first-order valence-corrected chi connectivity index (χ1v) is 8.70. The van der Waals surface area contributed by atoms with E-state index in [1.807, 2.05) is 6.20 Å². The number of rotatable bonds is 2. The van der Waals surface area contributed by atoms with Gasteiger partial charge in [-0.15, -0.1) is 0 Å². The molecule has 130 valence electrons. The summed E-state index contributed by atoms with van der Waals surface area (Å²) in [6.45, 7) is 8.59. The molecule has 2 rings (SSSR count). The summed E-state index contributed by atoms with van der Waals surface area (Å²) in [6, 6.07) is 2.36. The Hall–Kier alpha value is -1.09.